The van der Waals surface area contributed by atoms with Crippen LogP contribution in [-0.2, 0) is 4.79 Å². The lowest BCUT2D eigenvalue weighted by molar-refractivity contribution is -0.122. The van der Waals surface area contributed by atoms with Crippen LogP contribution in [0.1, 0.15) is 93.9 Å². The number of carbonyl (C=O) groups excluding carboxylic acids is 1. The second-order valence-corrected chi connectivity index (χ2v) is 8.86. The van der Waals surface area contributed by atoms with Gasteiger partial charge < -0.3 is 10.6 Å². The molecule has 0 rings (SSSR count). The Balaban J connectivity index is -0.000000354. The lowest BCUT2D eigenvalue weighted by atomic mass is 9.92. The minimum Gasteiger partial charge on any atom is -0.356 e. The van der Waals surface area contributed by atoms with Gasteiger partial charge in [-0.2, -0.15) is 0 Å². The van der Waals surface area contributed by atoms with Gasteiger partial charge in [-0.1, -0.05) is 68.2 Å². The summed E-state index contributed by atoms with van der Waals surface area (Å²) in [6.07, 6.45) is 6.71. The maximum Gasteiger partial charge on any atom is 0.220 e. The molecular weight excluding hydrogens is 320 g/mol. The van der Waals surface area contributed by atoms with Crippen LogP contribution in [0.25, 0.3) is 0 Å². The van der Waals surface area contributed by atoms with Gasteiger partial charge in [-0.25, -0.2) is 0 Å². The van der Waals surface area contributed by atoms with Crippen LogP contribution in [0.3, 0.4) is 0 Å². The van der Waals surface area contributed by atoms with Crippen molar-refractivity contribution in [3.8, 4) is 0 Å². The SMILES string of the molecule is CCCCNC(=O)CC(C)(C)C.CCCCNCCC(C)(C)C.Cl. The summed E-state index contributed by atoms with van der Waals surface area (Å²) in [7, 11) is 0. The summed E-state index contributed by atoms with van der Waals surface area (Å²) >= 11 is 0. The Morgan fingerprint density at radius 2 is 1.29 bits per heavy atom. The molecule has 0 aliphatic carbocycles. The van der Waals surface area contributed by atoms with Gasteiger partial charge in [0.1, 0.15) is 0 Å². The Hall–Kier alpha value is -0.280. The summed E-state index contributed by atoms with van der Waals surface area (Å²) in [5.74, 6) is 0.177. The third kappa shape index (κ3) is 29.7. The van der Waals surface area contributed by atoms with Crippen LogP contribution in [0.15, 0.2) is 0 Å². The van der Waals surface area contributed by atoms with Crippen molar-refractivity contribution in [2.75, 3.05) is 19.6 Å². The molecule has 0 spiro atoms. The highest BCUT2D eigenvalue weighted by Crippen LogP contribution is 2.17. The molecule has 0 aromatic carbocycles. The van der Waals surface area contributed by atoms with Crippen LogP contribution in [0.2, 0.25) is 0 Å². The second-order valence-electron chi connectivity index (χ2n) is 8.86. The second kappa shape index (κ2) is 16.2. The van der Waals surface area contributed by atoms with Crippen LogP contribution in [0, 0.1) is 10.8 Å². The Morgan fingerprint density at radius 1 is 0.792 bits per heavy atom. The minimum absolute atomic E-state index is 0. The van der Waals surface area contributed by atoms with E-state index < -0.39 is 0 Å². The molecule has 3 nitrogen and oxygen atoms in total. The van der Waals surface area contributed by atoms with Crippen molar-refractivity contribution in [1.29, 1.82) is 0 Å². The van der Waals surface area contributed by atoms with Gasteiger partial charge in [0, 0.05) is 13.0 Å². The highest BCUT2D eigenvalue weighted by atomic mass is 35.5. The molecule has 0 saturated carbocycles. The molecule has 24 heavy (non-hydrogen) atoms. The first kappa shape index (κ1) is 28.5. The largest absolute Gasteiger partial charge is 0.356 e. The fraction of sp³-hybridized carbons (Fsp3) is 0.950. The van der Waals surface area contributed by atoms with Crippen molar-refractivity contribution in [2.24, 2.45) is 10.8 Å². The maximum atomic E-state index is 11.2. The highest BCUT2D eigenvalue weighted by molar-refractivity contribution is 5.85. The van der Waals surface area contributed by atoms with E-state index in [0.29, 0.717) is 11.8 Å². The van der Waals surface area contributed by atoms with Crippen LogP contribution in [-0.4, -0.2) is 25.5 Å². The first-order valence-electron chi connectivity index (χ1n) is 9.49. The van der Waals surface area contributed by atoms with Gasteiger partial charge in [0.15, 0.2) is 0 Å². The topological polar surface area (TPSA) is 41.1 Å². The van der Waals surface area contributed by atoms with E-state index >= 15 is 0 Å². The number of hydrogen-bond acceptors (Lipinski definition) is 2. The van der Waals surface area contributed by atoms with Gasteiger partial charge in [0.05, 0.1) is 0 Å². The summed E-state index contributed by atoms with van der Waals surface area (Å²) in [6.45, 7) is 20.6. The Labute approximate surface area is 158 Å². The maximum absolute atomic E-state index is 11.2. The quantitative estimate of drug-likeness (QED) is 0.525. The van der Waals surface area contributed by atoms with E-state index in [9.17, 15) is 4.79 Å². The van der Waals surface area contributed by atoms with Crippen LogP contribution in [0.4, 0.5) is 0 Å². The number of hydrogen-bond donors (Lipinski definition) is 2. The van der Waals surface area contributed by atoms with Gasteiger partial charge in [-0.15, -0.1) is 12.4 Å². The van der Waals surface area contributed by atoms with Crippen molar-refractivity contribution in [1.82, 2.24) is 10.6 Å². The predicted octanol–water partition coefficient (Wildman–Crippen LogP) is 5.57. The fourth-order valence-electron chi connectivity index (χ4n) is 1.84. The van der Waals surface area contributed by atoms with Crippen LogP contribution < -0.4 is 10.6 Å². The van der Waals surface area contributed by atoms with E-state index in [0.717, 1.165) is 19.4 Å². The van der Waals surface area contributed by atoms with Crippen molar-refractivity contribution in [3.63, 3.8) is 0 Å². The fourth-order valence-corrected chi connectivity index (χ4v) is 1.84. The van der Waals surface area contributed by atoms with Gasteiger partial charge in [0.2, 0.25) is 5.91 Å². The van der Waals surface area contributed by atoms with Crippen molar-refractivity contribution in [2.45, 2.75) is 93.9 Å². The van der Waals surface area contributed by atoms with Gasteiger partial charge in [-0.3, -0.25) is 4.79 Å². The molecule has 0 fully saturated rings. The van der Waals surface area contributed by atoms with Gasteiger partial charge in [-0.05, 0) is 43.2 Å². The highest BCUT2D eigenvalue weighted by Gasteiger charge is 2.14. The van der Waals surface area contributed by atoms with Crippen molar-refractivity contribution >= 4 is 18.3 Å². The number of rotatable bonds is 9. The molecule has 4 heteroatoms. The molecule has 0 radical (unpaired) electrons. The summed E-state index contributed by atoms with van der Waals surface area (Å²) in [6, 6.07) is 0. The number of carbonyl (C=O) groups is 1. The number of halogens is 1. The van der Waals surface area contributed by atoms with E-state index in [1.54, 1.807) is 0 Å². The van der Waals surface area contributed by atoms with Crippen LogP contribution >= 0.6 is 12.4 Å². The van der Waals surface area contributed by atoms with Crippen molar-refractivity contribution < 1.29 is 4.79 Å². The average molecular weight is 365 g/mol. The Kier molecular flexibility index (Phi) is 19.3. The zero-order valence-corrected chi connectivity index (χ0v) is 18.5. The molecule has 0 aromatic rings. The molecule has 0 bridgehead atoms. The third-order valence-corrected chi connectivity index (χ3v) is 3.30. The predicted molar refractivity (Wildman–Crippen MR) is 111 cm³/mol. The van der Waals surface area contributed by atoms with E-state index in [-0.39, 0.29) is 23.7 Å². The minimum atomic E-state index is 0. The molecule has 0 heterocycles. The Morgan fingerprint density at radius 3 is 1.71 bits per heavy atom. The first-order valence-corrected chi connectivity index (χ1v) is 9.49. The molecule has 0 saturated heterocycles. The molecule has 0 aromatic heterocycles. The molecule has 1 amide bonds. The smallest absolute Gasteiger partial charge is 0.220 e. The third-order valence-electron chi connectivity index (χ3n) is 3.30. The summed E-state index contributed by atoms with van der Waals surface area (Å²) in [5, 5.41) is 6.34. The van der Waals surface area contributed by atoms with E-state index in [4.69, 9.17) is 0 Å². The normalized spacial score (nSPS) is 11.2. The number of amides is 1. The monoisotopic (exact) mass is 364 g/mol. The zero-order valence-electron chi connectivity index (χ0n) is 17.7. The van der Waals surface area contributed by atoms with Crippen LogP contribution in [0.5, 0.6) is 0 Å². The molecule has 0 unspecified atom stereocenters. The van der Waals surface area contributed by atoms with Gasteiger partial charge >= 0.3 is 0 Å². The van der Waals surface area contributed by atoms with Crippen molar-refractivity contribution in [3.05, 3.63) is 0 Å². The van der Waals surface area contributed by atoms with E-state index in [1.165, 1.54) is 32.4 Å². The summed E-state index contributed by atoms with van der Waals surface area (Å²) in [5.41, 5.74) is 0.593. The lowest BCUT2D eigenvalue weighted by Crippen LogP contribution is -2.28. The first-order chi connectivity index (χ1) is 10.5. The van der Waals surface area contributed by atoms with E-state index in [2.05, 4.69) is 66.0 Å². The molecule has 0 atom stereocenters. The molecule has 0 aliphatic heterocycles. The molecular formula is C20H45ClN2O. The zero-order chi connectivity index (χ0) is 18.4. The Bertz CT molecular complexity index is 280. The summed E-state index contributed by atoms with van der Waals surface area (Å²) in [4.78, 5) is 11.2. The number of unbranched alkanes of at least 4 members (excludes halogenated alkanes) is 2. The summed E-state index contributed by atoms with van der Waals surface area (Å²) < 4.78 is 0. The molecule has 2 N–H and O–H groups in total. The lowest BCUT2D eigenvalue weighted by Gasteiger charge is -2.17. The molecule has 0 aliphatic rings. The standard InChI is InChI=1S/C10H21NO.C10H23N.ClH/c1-5-6-7-11-9(12)8-10(2,3)4;1-5-6-8-11-9-7-10(2,3)4;/h5-8H2,1-4H3,(H,11,12);11H,5-9H2,1-4H3;1H. The van der Waals surface area contributed by atoms with E-state index in [1.807, 2.05) is 0 Å². The van der Waals surface area contributed by atoms with Gasteiger partial charge in [0.25, 0.3) is 0 Å². The molecule has 148 valence electrons. The average Bonchev–Trinajstić information content (AvgIpc) is 2.36. The number of nitrogens with one attached hydrogen (secondary N) is 2.